The molecule has 182 valence electrons. The maximum atomic E-state index is 5.79. The van der Waals surface area contributed by atoms with E-state index >= 15 is 0 Å². The second-order valence-electron chi connectivity index (χ2n) is 8.17. The molecule has 33 heavy (non-hydrogen) atoms. The van der Waals surface area contributed by atoms with Gasteiger partial charge in [0, 0.05) is 52.3 Å². The number of nitrogens with zero attached hydrogens (tertiary/aromatic N) is 6. The van der Waals surface area contributed by atoms with Gasteiger partial charge in [0.2, 0.25) is 0 Å². The summed E-state index contributed by atoms with van der Waals surface area (Å²) in [6.45, 7) is 8.92. The fraction of sp³-hybridized carbons (Fsp3) is 0.609. The zero-order valence-electron chi connectivity index (χ0n) is 19.7. The van der Waals surface area contributed by atoms with E-state index in [0.717, 1.165) is 88.4 Å². The van der Waals surface area contributed by atoms with Crippen LogP contribution in [0.5, 0.6) is 5.75 Å². The molecule has 4 rings (SSSR count). The Bertz CT molecular complexity index is 877. The smallest absolute Gasteiger partial charge is 0.194 e. The van der Waals surface area contributed by atoms with Crippen molar-refractivity contribution in [2.45, 2.75) is 38.8 Å². The predicted octanol–water partition coefficient (Wildman–Crippen LogP) is 2.41. The van der Waals surface area contributed by atoms with Crippen molar-refractivity contribution in [1.82, 2.24) is 25.0 Å². The quantitative estimate of drug-likeness (QED) is 0.297. The molecule has 2 saturated heterocycles. The molecule has 3 heterocycles. The first-order valence-corrected chi connectivity index (χ1v) is 11.7. The highest BCUT2D eigenvalue weighted by Crippen LogP contribution is 2.28. The number of piperazine rings is 1. The third-order valence-corrected chi connectivity index (χ3v) is 6.12. The molecule has 2 aromatic rings. The molecule has 2 aliphatic rings. The maximum absolute atomic E-state index is 5.79. The molecule has 2 aliphatic heterocycles. The van der Waals surface area contributed by atoms with E-state index < -0.39 is 0 Å². The molecule has 0 bridgehead atoms. The molecule has 10 heteroatoms. The zero-order valence-corrected chi connectivity index (χ0v) is 22.0. The van der Waals surface area contributed by atoms with Crippen LogP contribution in [0.3, 0.4) is 0 Å². The Morgan fingerprint density at radius 1 is 1.24 bits per heavy atom. The van der Waals surface area contributed by atoms with Crippen molar-refractivity contribution >= 4 is 35.6 Å². The number of guanidine groups is 1. The lowest BCUT2D eigenvalue weighted by Crippen LogP contribution is -2.53. The molecule has 1 atom stereocenters. The van der Waals surface area contributed by atoms with Crippen LogP contribution in [-0.2, 0) is 17.7 Å². The monoisotopic (exact) mass is 569 g/mol. The minimum absolute atomic E-state index is 0. The first kappa shape index (κ1) is 25.5. The van der Waals surface area contributed by atoms with E-state index in [-0.39, 0.29) is 30.1 Å². The van der Waals surface area contributed by atoms with E-state index in [0.29, 0.717) is 6.54 Å². The van der Waals surface area contributed by atoms with Gasteiger partial charge in [0.1, 0.15) is 17.9 Å². The number of benzene rings is 1. The number of aromatic nitrogens is 3. The summed E-state index contributed by atoms with van der Waals surface area (Å²) in [5.74, 6) is 2.90. The van der Waals surface area contributed by atoms with Crippen LogP contribution in [0.2, 0.25) is 0 Å². The summed E-state index contributed by atoms with van der Waals surface area (Å²) in [6, 6.07) is 8.23. The number of anilines is 1. The molecule has 1 N–H and O–H groups in total. The number of aliphatic imine (C=N–C) groups is 1. The van der Waals surface area contributed by atoms with Crippen molar-refractivity contribution < 1.29 is 9.47 Å². The highest BCUT2D eigenvalue weighted by atomic mass is 127. The van der Waals surface area contributed by atoms with Crippen LogP contribution < -0.4 is 15.0 Å². The van der Waals surface area contributed by atoms with Crippen LogP contribution in [0, 0.1) is 0 Å². The van der Waals surface area contributed by atoms with Crippen molar-refractivity contribution in [3.63, 3.8) is 0 Å². The average Bonchev–Trinajstić information content (AvgIpc) is 3.53. The number of ether oxygens (including phenoxy) is 2. The third kappa shape index (κ3) is 6.72. The van der Waals surface area contributed by atoms with Gasteiger partial charge in [-0.2, -0.15) is 0 Å². The van der Waals surface area contributed by atoms with Crippen molar-refractivity contribution in [3.8, 4) is 5.75 Å². The molecule has 2 fully saturated rings. The van der Waals surface area contributed by atoms with E-state index in [9.17, 15) is 0 Å². The normalized spacial score (nSPS) is 18.8. The number of aryl methyl sites for hydroxylation is 1. The van der Waals surface area contributed by atoms with Gasteiger partial charge < -0.3 is 29.2 Å². The number of methoxy groups -OCH3 is 1. The van der Waals surface area contributed by atoms with Crippen LogP contribution in [0.4, 0.5) is 5.69 Å². The van der Waals surface area contributed by atoms with Crippen molar-refractivity contribution in [3.05, 3.63) is 36.4 Å². The third-order valence-electron chi connectivity index (χ3n) is 6.12. The lowest BCUT2D eigenvalue weighted by Gasteiger charge is -2.38. The van der Waals surface area contributed by atoms with Crippen LogP contribution >= 0.6 is 24.0 Å². The second-order valence-corrected chi connectivity index (χ2v) is 8.17. The number of hydrogen-bond acceptors (Lipinski definition) is 6. The average molecular weight is 569 g/mol. The van der Waals surface area contributed by atoms with Gasteiger partial charge >= 0.3 is 0 Å². The molecule has 1 unspecified atom stereocenters. The molecule has 1 aromatic carbocycles. The molecular weight excluding hydrogens is 533 g/mol. The van der Waals surface area contributed by atoms with Crippen LogP contribution in [0.25, 0.3) is 0 Å². The Morgan fingerprint density at radius 2 is 2.06 bits per heavy atom. The first-order valence-electron chi connectivity index (χ1n) is 11.7. The number of nitrogens with one attached hydrogen (secondary N) is 1. The SMILES string of the molecule is CCc1nncn1CCNC(=NCC1CCCO1)N1CCN(c2ccccc2OC)CC1.I. The molecule has 0 radical (unpaired) electrons. The number of para-hydroxylation sites is 2. The topological polar surface area (TPSA) is 80.0 Å². The molecule has 1 aromatic heterocycles. The van der Waals surface area contributed by atoms with Crippen LogP contribution in [0.15, 0.2) is 35.6 Å². The summed E-state index contributed by atoms with van der Waals surface area (Å²) in [5, 5.41) is 11.8. The fourth-order valence-electron chi connectivity index (χ4n) is 4.32. The largest absolute Gasteiger partial charge is 0.495 e. The summed E-state index contributed by atoms with van der Waals surface area (Å²) < 4.78 is 13.4. The maximum Gasteiger partial charge on any atom is 0.194 e. The summed E-state index contributed by atoms with van der Waals surface area (Å²) in [4.78, 5) is 9.69. The highest BCUT2D eigenvalue weighted by molar-refractivity contribution is 14.0. The number of rotatable bonds is 8. The van der Waals surface area contributed by atoms with Crippen LogP contribution in [0.1, 0.15) is 25.6 Å². The Labute approximate surface area is 213 Å². The van der Waals surface area contributed by atoms with Crippen molar-refractivity contribution in [2.75, 3.05) is 57.9 Å². The molecule has 0 amide bonds. The van der Waals surface area contributed by atoms with Crippen molar-refractivity contribution in [2.24, 2.45) is 4.99 Å². The minimum Gasteiger partial charge on any atom is -0.495 e. The fourth-order valence-corrected chi connectivity index (χ4v) is 4.32. The Morgan fingerprint density at radius 3 is 2.79 bits per heavy atom. The molecule has 9 nitrogen and oxygen atoms in total. The lowest BCUT2D eigenvalue weighted by atomic mass is 10.2. The van der Waals surface area contributed by atoms with E-state index in [1.807, 2.05) is 12.1 Å². The summed E-state index contributed by atoms with van der Waals surface area (Å²) >= 11 is 0. The molecule has 0 spiro atoms. The lowest BCUT2D eigenvalue weighted by molar-refractivity contribution is 0.117. The summed E-state index contributed by atoms with van der Waals surface area (Å²) in [7, 11) is 1.73. The summed E-state index contributed by atoms with van der Waals surface area (Å²) in [5.41, 5.74) is 1.15. The van der Waals surface area contributed by atoms with Gasteiger partial charge in [0.15, 0.2) is 5.96 Å². The van der Waals surface area contributed by atoms with Crippen LogP contribution in [-0.4, -0.2) is 84.7 Å². The highest BCUT2D eigenvalue weighted by Gasteiger charge is 2.23. The van der Waals surface area contributed by atoms with E-state index in [1.54, 1.807) is 13.4 Å². The van der Waals surface area contributed by atoms with Gasteiger partial charge in [-0.05, 0) is 25.0 Å². The number of halogens is 1. The van der Waals surface area contributed by atoms with Gasteiger partial charge in [-0.15, -0.1) is 34.2 Å². The predicted molar refractivity (Wildman–Crippen MR) is 141 cm³/mol. The Kier molecular flexibility index (Phi) is 10.0. The van der Waals surface area contributed by atoms with E-state index in [1.165, 1.54) is 0 Å². The number of hydrogen-bond donors (Lipinski definition) is 1. The van der Waals surface area contributed by atoms with E-state index in [2.05, 4.69) is 48.9 Å². The second kappa shape index (κ2) is 13.0. The summed E-state index contributed by atoms with van der Waals surface area (Å²) in [6.07, 6.45) is 5.15. The van der Waals surface area contributed by atoms with Gasteiger partial charge in [0.05, 0.1) is 25.4 Å². The minimum atomic E-state index is 0. The van der Waals surface area contributed by atoms with Gasteiger partial charge in [-0.1, -0.05) is 19.1 Å². The van der Waals surface area contributed by atoms with Crippen molar-refractivity contribution in [1.29, 1.82) is 0 Å². The first-order chi connectivity index (χ1) is 15.8. The van der Waals surface area contributed by atoms with Gasteiger partial charge in [-0.25, -0.2) is 0 Å². The Hall–Kier alpha value is -2.08. The van der Waals surface area contributed by atoms with Gasteiger partial charge in [0.25, 0.3) is 0 Å². The molecule has 0 saturated carbocycles. The Balaban J connectivity index is 0.00000306. The molecular formula is C23H36IN7O2. The molecule has 0 aliphatic carbocycles. The van der Waals surface area contributed by atoms with Gasteiger partial charge in [-0.3, -0.25) is 4.99 Å². The standard InChI is InChI=1S/C23H35N7O2.HI/c1-3-22-27-26-18-30(22)11-10-24-23(25-17-19-7-6-16-32-19)29-14-12-28(13-15-29)20-8-4-5-9-21(20)31-2;/h4-5,8-9,18-19H,3,6-7,10-17H2,1-2H3,(H,24,25);1H. The van der Waals surface area contributed by atoms with E-state index in [4.69, 9.17) is 14.5 Å². The zero-order chi connectivity index (χ0) is 22.2.